The van der Waals surface area contributed by atoms with Crippen molar-refractivity contribution in [2.75, 3.05) is 0 Å². The number of carboxylic acid groups (broad SMARTS) is 1. The number of hydrogen-bond acceptors (Lipinski definition) is 3. The van der Waals surface area contributed by atoms with Crippen LogP contribution in [0.2, 0.25) is 0 Å². The molecule has 0 aliphatic carbocycles. The van der Waals surface area contributed by atoms with Crippen LogP contribution in [-0.4, -0.2) is 29.1 Å². The molecule has 1 aliphatic rings. The van der Waals surface area contributed by atoms with Gasteiger partial charge in [-0.1, -0.05) is 24.3 Å². The molecule has 1 heterocycles. The van der Waals surface area contributed by atoms with Crippen molar-refractivity contribution in [3.63, 3.8) is 0 Å². The summed E-state index contributed by atoms with van der Waals surface area (Å²) in [4.78, 5) is 32.0. The van der Waals surface area contributed by atoms with E-state index >= 15 is 0 Å². The maximum Gasteiger partial charge on any atom is 0.490 e. The van der Waals surface area contributed by atoms with Crippen molar-refractivity contribution < 1.29 is 32.7 Å². The number of aliphatic carboxylic acids is 1. The highest BCUT2D eigenvalue weighted by atomic mass is 19.4. The zero-order valence-electron chi connectivity index (χ0n) is 10.8. The fourth-order valence-corrected chi connectivity index (χ4v) is 1.96. The van der Waals surface area contributed by atoms with Crippen molar-refractivity contribution in [2.45, 2.75) is 6.18 Å². The Morgan fingerprint density at radius 2 is 1.36 bits per heavy atom. The molecule has 0 saturated heterocycles. The van der Waals surface area contributed by atoms with Gasteiger partial charge in [0.1, 0.15) is 0 Å². The van der Waals surface area contributed by atoms with E-state index in [2.05, 4.69) is 5.32 Å². The van der Waals surface area contributed by atoms with E-state index in [1.54, 1.807) is 12.1 Å². The van der Waals surface area contributed by atoms with Gasteiger partial charge in [-0.05, 0) is 17.5 Å². The number of amides is 2. The van der Waals surface area contributed by atoms with Crippen LogP contribution in [0.4, 0.5) is 13.2 Å². The van der Waals surface area contributed by atoms with Crippen molar-refractivity contribution in [1.82, 2.24) is 5.32 Å². The third-order valence-corrected chi connectivity index (χ3v) is 2.86. The average Bonchev–Trinajstić information content (AvgIpc) is 2.44. The van der Waals surface area contributed by atoms with Gasteiger partial charge in [-0.2, -0.15) is 13.2 Å². The highest BCUT2D eigenvalue weighted by Crippen LogP contribution is 2.25. The minimum Gasteiger partial charge on any atom is -0.475 e. The molecule has 2 N–H and O–H groups in total. The fraction of sp³-hybridized carbons (Fsp3) is 0.0714. The Morgan fingerprint density at radius 3 is 1.73 bits per heavy atom. The van der Waals surface area contributed by atoms with E-state index in [-0.39, 0.29) is 11.8 Å². The number of carbonyl (C=O) groups is 3. The Balaban J connectivity index is 0.000000217. The molecule has 0 fully saturated rings. The number of rotatable bonds is 0. The standard InChI is InChI=1S/C12H7NO2.C2HF3O2/c14-11-8-5-1-3-7-4-2-6-9(10(7)8)12(15)13-11;3-2(4,5)1(6)7/h1-6H,(H,13,14,15);(H,6,7). The third-order valence-electron chi connectivity index (χ3n) is 2.86. The minimum absolute atomic E-state index is 0.315. The van der Waals surface area contributed by atoms with Crippen molar-refractivity contribution >= 4 is 28.6 Å². The molecule has 22 heavy (non-hydrogen) atoms. The summed E-state index contributed by atoms with van der Waals surface area (Å²) in [6, 6.07) is 10.9. The van der Waals surface area contributed by atoms with Gasteiger partial charge in [0.2, 0.25) is 0 Å². The Kier molecular flexibility index (Phi) is 3.85. The van der Waals surface area contributed by atoms with Crippen molar-refractivity contribution in [3.05, 3.63) is 47.5 Å². The van der Waals surface area contributed by atoms with Gasteiger partial charge >= 0.3 is 12.1 Å². The smallest absolute Gasteiger partial charge is 0.475 e. The lowest BCUT2D eigenvalue weighted by Crippen LogP contribution is -2.34. The van der Waals surface area contributed by atoms with Crippen molar-refractivity contribution in [2.24, 2.45) is 0 Å². The van der Waals surface area contributed by atoms with Gasteiger partial charge in [-0.3, -0.25) is 14.9 Å². The summed E-state index contributed by atoms with van der Waals surface area (Å²) in [5.74, 6) is -3.39. The fourth-order valence-electron chi connectivity index (χ4n) is 1.96. The van der Waals surface area contributed by atoms with E-state index in [0.29, 0.717) is 11.1 Å². The Morgan fingerprint density at radius 1 is 0.955 bits per heavy atom. The molecule has 5 nitrogen and oxygen atoms in total. The van der Waals surface area contributed by atoms with Gasteiger partial charge in [0.25, 0.3) is 11.8 Å². The first kappa shape index (κ1) is 15.5. The topological polar surface area (TPSA) is 83.5 Å². The van der Waals surface area contributed by atoms with E-state index in [1.165, 1.54) is 0 Å². The Bertz CT molecular complexity index is 734. The summed E-state index contributed by atoms with van der Waals surface area (Å²) in [6.07, 6.45) is -5.08. The zero-order chi connectivity index (χ0) is 16.5. The predicted molar refractivity (Wildman–Crippen MR) is 69.4 cm³/mol. The molecule has 3 rings (SSSR count). The lowest BCUT2D eigenvalue weighted by atomic mass is 9.95. The van der Waals surface area contributed by atoms with Gasteiger partial charge in [0, 0.05) is 16.5 Å². The van der Waals surface area contributed by atoms with Crippen LogP contribution in [0.1, 0.15) is 20.7 Å². The lowest BCUT2D eigenvalue weighted by molar-refractivity contribution is -0.192. The molecular formula is C14H8F3NO4. The predicted octanol–water partition coefficient (Wildman–Crippen LogP) is 2.36. The van der Waals surface area contributed by atoms with Crippen LogP contribution in [0.25, 0.3) is 10.8 Å². The second-order valence-electron chi connectivity index (χ2n) is 4.30. The largest absolute Gasteiger partial charge is 0.490 e. The van der Waals surface area contributed by atoms with E-state index < -0.39 is 12.1 Å². The van der Waals surface area contributed by atoms with Gasteiger partial charge < -0.3 is 5.11 Å². The number of alkyl halides is 3. The molecule has 8 heteroatoms. The van der Waals surface area contributed by atoms with Gasteiger partial charge in [-0.25, -0.2) is 4.79 Å². The highest BCUT2D eigenvalue weighted by Gasteiger charge is 2.38. The number of halogens is 3. The number of benzene rings is 2. The second-order valence-corrected chi connectivity index (χ2v) is 4.30. The molecule has 2 aromatic carbocycles. The molecule has 1 aliphatic heterocycles. The quantitative estimate of drug-likeness (QED) is 0.732. The maximum absolute atomic E-state index is 11.6. The molecule has 114 valence electrons. The number of carboxylic acids is 1. The van der Waals surface area contributed by atoms with E-state index in [1.807, 2.05) is 24.3 Å². The van der Waals surface area contributed by atoms with Crippen molar-refractivity contribution in [3.8, 4) is 0 Å². The van der Waals surface area contributed by atoms with Crippen LogP contribution < -0.4 is 5.32 Å². The zero-order valence-corrected chi connectivity index (χ0v) is 10.8. The SMILES string of the molecule is O=C(O)C(F)(F)F.O=C1NC(=O)c2cccc3cccc1c23. The first-order valence-corrected chi connectivity index (χ1v) is 5.89. The van der Waals surface area contributed by atoms with Crippen LogP contribution in [0, 0.1) is 0 Å². The summed E-state index contributed by atoms with van der Waals surface area (Å²) >= 11 is 0. The summed E-state index contributed by atoms with van der Waals surface area (Å²) in [5.41, 5.74) is 1.14. The maximum atomic E-state index is 11.6. The Hall–Kier alpha value is -2.90. The minimum atomic E-state index is -5.08. The van der Waals surface area contributed by atoms with Gasteiger partial charge in [0.15, 0.2) is 0 Å². The van der Waals surface area contributed by atoms with Crippen LogP contribution in [0.3, 0.4) is 0 Å². The van der Waals surface area contributed by atoms with Crippen LogP contribution in [0.5, 0.6) is 0 Å². The van der Waals surface area contributed by atoms with E-state index in [4.69, 9.17) is 9.90 Å². The molecule has 0 aromatic heterocycles. The lowest BCUT2D eigenvalue weighted by Gasteiger charge is -2.15. The molecule has 0 bridgehead atoms. The van der Waals surface area contributed by atoms with E-state index in [0.717, 1.165) is 10.8 Å². The molecule has 0 spiro atoms. The van der Waals surface area contributed by atoms with Crippen molar-refractivity contribution in [1.29, 1.82) is 0 Å². The van der Waals surface area contributed by atoms with Crippen LogP contribution in [-0.2, 0) is 4.79 Å². The number of imide groups is 1. The van der Waals surface area contributed by atoms with E-state index in [9.17, 15) is 22.8 Å². The van der Waals surface area contributed by atoms with Gasteiger partial charge in [-0.15, -0.1) is 0 Å². The summed E-state index contributed by atoms with van der Waals surface area (Å²) in [5, 5.41) is 11.1. The Labute approximate surface area is 121 Å². The summed E-state index contributed by atoms with van der Waals surface area (Å²) in [6.45, 7) is 0. The first-order chi connectivity index (χ1) is 10.2. The number of hydrogen-bond donors (Lipinski definition) is 2. The molecule has 0 radical (unpaired) electrons. The first-order valence-electron chi connectivity index (χ1n) is 5.89. The molecule has 0 atom stereocenters. The second kappa shape index (κ2) is 5.47. The average molecular weight is 311 g/mol. The molecular weight excluding hydrogens is 303 g/mol. The van der Waals surface area contributed by atoms with Gasteiger partial charge in [0.05, 0.1) is 0 Å². The third kappa shape index (κ3) is 2.90. The number of nitrogens with one attached hydrogen (secondary N) is 1. The summed E-state index contributed by atoms with van der Waals surface area (Å²) < 4.78 is 31.7. The number of carbonyl (C=O) groups excluding carboxylic acids is 2. The molecule has 0 unspecified atom stereocenters. The highest BCUT2D eigenvalue weighted by molar-refractivity contribution is 6.25. The normalized spacial score (nSPS) is 13.2. The molecule has 2 amide bonds. The van der Waals surface area contributed by atoms with Crippen LogP contribution >= 0.6 is 0 Å². The molecule has 0 saturated carbocycles. The van der Waals surface area contributed by atoms with Crippen LogP contribution in [0.15, 0.2) is 36.4 Å². The summed E-state index contributed by atoms with van der Waals surface area (Å²) in [7, 11) is 0. The monoisotopic (exact) mass is 311 g/mol. The molecule has 2 aromatic rings.